The number of aryl methyl sites for hydroxylation is 1. The van der Waals surface area contributed by atoms with Gasteiger partial charge in [-0.05, 0) is 32.0 Å². The molecule has 4 aromatic rings. The van der Waals surface area contributed by atoms with Crippen molar-refractivity contribution in [3.05, 3.63) is 59.1 Å². The smallest absolute Gasteiger partial charge is 0.233 e. The predicted molar refractivity (Wildman–Crippen MR) is 138 cm³/mol. The minimum atomic E-state index is 0.160. The van der Waals surface area contributed by atoms with Crippen LogP contribution >= 0.6 is 23.1 Å². The molecule has 0 saturated carbocycles. The number of carbonyl (C=O) groups excluding carboxylic acids is 1. The lowest BCUT2D eigenvalue weighted by atomic mass is 10.1. The average molecular weight is 493 g/mol. The molecule has 1 aliphatic heterocycles. The van der Waals surface area contributed by atoms with Crippen molar-refractivity contribution >= 4 is 39.2 Å². The van der Waals surface area contributed by atoms with Gasteiger partial charge in [-0.1, -0.05) is 47.7 Å². The maximum atomic E-state index is 12.9. The fourth-order valence-electron chi connectivity index (χ4n) is 4.23. The number of piperazine rings is 1. The van der Waals surface area contributed by atoms with Crippen LogP contribution in [0.2, 0.25) is 0 Å². The van der Waals surface area contributed by atoms with Crippen molar-refractivity contribution in [2.24, 2.45) is 0 Å². The zero-order valence-electron chi connectivity index (χ0n) is 19.5. The molecule has 5 rings (SSSR count). The summed E-state index contributed by atoms with van der Waals surface area (Å²) in [5, 5.41) is 10.7. The first-order chi connectivity index (χ1) is 16.6. The highest BCUT2D eigenvalue weighted by Gasteiger charge is 2.23. The van der Waals surface area contributed by atoms with E-state index in [9.17, 15) is 4.79 Å². The first kappa shape index (κ1) is 23.0. The summed E-state index contributed by atoms with van der Waals surface area (Å²) in [5.41, 5.74) is 3.31. The molecule has 1 fully saturated rings. The number of rotatable bonds is 7. The largest absolute Gasteiger partial charge is 0.339 e. The van der Waals surface area contributed by atoms with E-state index in [2.05, 4.69) is 69.9 Å². The third-order valence-corrected chi connectivity index (χ3v) is 8.03. The Labute approximate surface area is 207 Å². The standard InChI is InChI=1S/C25H28N6OS2/c1-3-31-24(19-8-6-7-18(2)15-19)27-28-25(31)33-17-23(32)30-13-11-29(12-14-30)16-22-26-20-9-4-5-10-21(20)34-22/h4-10,15H,3,11-14,16-17H2,1-2H3. The number of fused-ring (bicyclic) bond motifs is 1. The van der Waals surface area contributed by atoms with Crippen LogP contribution < -0.4 is 0 Å². The van der Waals surface area contributed by atoms with E-state index in [4.69, 9.17) is 4.98 Å². The molecule has 1 saturated heterocycles. The Hall–Kier alpha value is -2.75. The molecule has 0 bridgehead atoms. The number of para-hydroxylation sites is 1. The van der Waals surface area contributed by atoms with E-state index in [1.807, 2.05) is 17.0 Å². The molecule has 2 aromatic heterocycles. The van der Waals surface area contributed by atoms with Crippen LogP contribution in [0.3, 0.4) is 0 Å². The lowest BCUT2D eigenvalue weighted by Gasteiger charge is -2.34. The minimum Gasteiger partial charge on any atom is -0.339 e. The van der Waals surface area contributed by atoms with Crippen LogP contribution in [0.15, 0.2) is 53.7 Å². The fraction of sp³-hybridized carbons (Fsp3) is 0.360. The number of benzene rings is 2. The van der Waals surface area contributed by atoms with E-state index >= 15 is 0 Å². The van der Waals surface area contributed by atoms with E-state index < -0.39 is 0 Å². The van der Waals surface area contributed by atoms with Crippen LogP contribution in [0.1, 0.15) is 17.5 Å². The van der Waals surface area contributed by atoms with Gasteiger partial charge in [-0.15, -0.1) is 21.5 Å². The minimum absolute atomic E-state index is 0.160. The van der Waals surface area contributed by atoms with E-state index in [1.54, 1.807) is 11.3 Å². The highest BCUT2D eigenvalue weighted by atomic mass is 32.2. The number of carbonyl (C=O) groups is 1. The Morgan fingerprint density at radius 1 is 1.06 bits per heavy atom. The molecule has 0 radical (unpaired) electrons. The maximum absolute atomic E-state index is 12.9. The van der Waals surface area contributed by atoms with Gasteiger partial charge in [0.15, 0.2) is 11.0 Å². The zero-order valence-corrected chi connectivity index (χ0v) is 21.1. The van der Waals surface area contributed by atoms with Gasteiger partial charge in [-0.2, -0.15) is 0 Å². The van der Waals surface area contributed by atoms with Crippen molar-refractivity contribution in [3.8, 4) is 11.4 Å². The third-order valence-electron chi connectivity index (χ3n) is 6.06. The molecular weight excluding hydrogens is 464 g/mol. The summed E-state index contributed by atoms with van der Waals surface area (Å²) in [6.07, 6.45) is 0. The van der Waals surface area contributed by atoms with Crippen LogP contribution in [0, 0.1) is 6.92 Å². The topological polar surface area (TPSA) is 67.2 Å². The second kappa shape index (κ2) is 10.2. The second-order valence-electron chi connectivity index (χ2n) is 8.44. The van der Waals surface area contributed by atoms with Crippen LogP contribution in [0.4, 0.5) is 0 Å². The highest BCUT2D eigenvalue weighted by Crippen LogP contribution is 2.26. The fourth-order valence-corrected chi connectivity index (χ4v) is 6.14. The SMILES string of the molecule is CCn1c(SCC(=O)N2CCN(Cc3nc4ccccc4s3)CC2)nnc1-c1cccc(C)c1. The molecule has 7 nitrogen and oxygen atoms in total. The molecule has 0 atom stereocenters. The number of nitrogens with zero attached hydrogens (tertiary/aromatic N) is 6. The number of thiazole rings is 1. The Bertz CT molecular complexity index is 1260. The van der Waals surface area contributed by atoms with E-state index in [-0.39, 0.29) is 5.91 Å². The first-order valence-corrected chi connectivity index (χ1v) is 13.4. The zero-order chi connectivity index (χ0) is 23.5. The summed E-state index contributed by atoms with van der Waals surface area (Å²) in [4.78, 5) is 22.0. The van der Waals surface area contributed by atoms with E-state index in [0.717, 1.165) is 66.3 Å². The average Bonchev–Trinajstić information content (AvgIpc) is 3.46. The van der Waals surface area contributed by atoms with Gasteiger partial charge in [0.05, 0.1) is 22.5 Å². The molecule has 0 N–H and O–H groups in total. The normalized spacial score (nSPS) is 14.7. The van der Waals surface area contributed by atoms with Gasteiger partial charge >= 0.3 is 0 Å². The summed E-state index contributed by atoms with van der Waals surface area (Å²) < 4.78 is 3.32. The number of amides is 1. The highest BCUT2D eigenvalue weighted by molar-refractivity contribution is 7.99. The number of hydrogen-bond acceptors (Lipinski definition) is 7. The van der Waals surface area contributed by atoms with Crippen molar-refractivity contribution in [1.82, 2.24) is 29.5 Å². The van der Waals surface area contributed by atoms with E-state index in [0.29, 0.717) is 5.75 Å². The number of hydrogen-bond donors (Lipinski definition) is 0. The van der Waals surface area contributed by atoms with Gasteiger partial charge in [0.25, 0.3) is 0 Å². The second-order valence-corrected chi connectivity index (χ2v) is 10.5. The van der Waals surface area contributed by atoms with Gasteiger partial charge in [0, 0.05) is 38.3 Å². The molecule has 34 heavy (non-hydrogen) atoms. The molecule has 176 valence electrons. The molecule has 0 spiro atoms. The van der Waals surface area contributed by atoms with Gasteiger partial charge < -0.3 is 9.47 Å². The van der Waals surface area contributed by atoms with Crippen LogP contribution in [0.5, 0.6) is 0 Å². The van der Waals surface area contributed by atoms with Gasteiger partial charge in [0.2, 0.25) is 5.91 Å². The Morgan fingerprint density at radius 3 is 2.65 bits per heavy atom. The van der Waals surface area contributed by atoms with Crippen molar-refractivity contribution in [2.45, 2.75) is 32.1 Å². The number of thioether (sulfide) groups is 1. The van der Waals surface area contributed by atoms with Gasteiger partial charge in [-0.25, -0.2) is 4.98 Å². The van der Waals surface area contributed by atoms with Gasteiger partial charge in [-0.3, -0.25) is 9.69 Å². The molecule has 1 aliphatic rings. The Morgan fingerprint density at radius 2 is 1.88 bits per heavy atom. The summed E-state index contributed by atoms with van der Waals surface area (Å²) in [6, 6.07) is 16.5. The third kappa shape index (κ3) is 5.01. The quantitative estimate of drug-likeness (QED) is 0.358. The molecule has 1 amide bonds. The first-order valence-electron chi connectivity index (χ1n) is 11.6. The monoisotopic (exact) mass is 492 g/mol. The summed E-state index contributed by atoms with van der Waals surface area (Å²) >= 11 is 3.23. The lowest BCUT2D eigenvalue weighted by Crippen LogP contribution is -2.48. The Balaban J connectivity index is 1.15. The summed E-state index contributed by atoms with van der Waals surface area (Å²) in [5.74, 6) is 1.39. The van der Waals surface area contributed by atoms with Gasteiger partial charge in [0.1, 0.15) is 5.01 Å². The summed E-state index contributed by atoms with van der Waals surface area (Å²) in [7, 11) is 0. The number of aromatic nitrogens is 4. The predicted octanol–water partition coefficient (Wildman–Crippen LogP) is 4.32. The van der Waals surface area contributed by atoms with Crippen molar-refractivity contribution in [2.75, 3.05) is 31.9 Å². The lowest BCUT2D eigenvalue weighted by molar-refractivity contribution is -0.130. The molecule has 0 aliphatic carbocycles. The Kier molecular flexibility index (Phi) is 6.94. The van der Waals surface area contributed by atoms with Crippen LogP contribution in [-0.4, -0.2) is 67.4 Å². The molecule has 3 heterocycles. The molecular formula is C25H28N6OS2. The van der Waals surface area contributed by atoms with Crippen LogP contribution in [-0.2, 0) is 17.9 Å². The van der Waals surface area contributed by atoms with Crippen molar-refractivity contribution in [3.63, 3.8) is 0 Å². The molecule has 9 heteroatoms. The van der Waals surface area contributed by atoms with Crippen molar-refractivity contribution in [1.29, 1.82) is 0 Å². The van der Waals surface area contributed by atoms with Crippen LogP contribution in [0.25, 0.3) is 21.6 Å². The maximum Gasteiger partial charge on any atom is 0.233 e. The summed E-state index contributed by atoms with van der Waals surface area (Å²) in [6.45, 7) is 9.00. The molecule has 0 unspecified atom stereocenters. The van der Waals surface area contributed by atoms with E-state index in [1.165, 1.54) is 22.0 Å². The molecule has 2 aromatic carbocycles. The van der Waals surface area contributed by atoms with Crippen molar-refractivity contribution < 1.29 is 4.79 Å².